The van der Waals surface area contributed by atoms with Crippen molar-refractivity contribution in [2.75, 3.05) is 19.8 Å². The Balaban J connectivity index is 2.08. The van der Waals surface area contributed by atoms with E-state index < -0.39 is 28.4 Å². The topological polar surface area (TPSA) is 139 Å². The normalized spacial score (nSPS) is 17.3. The van der Waals surface area contributed by atoms with E-state index in [2.05, 4.69) is 0 Å². The third-order valence-corrected chi connectivity index (χ3v) is 5.49. The Morgan fingerprint density at radius 1 is 1.17 bits per heavy atom. The Morgan fingerprint density at radius 3 is 2.46 bits per heavy atom. The van der Waals surface area contributed by atoms with E-state index in [1.165, 1.54) is 41.3 Å². The second-order valence-corrected chi connectivity index (χ2v) is 8.23. The second-order valence-electron chi connectivity index (χ2n) is 8.23. The van der Waals surface area contributed by atoms with Crippen LogP contribution in [-0.4, -0.2) is 57.6 Å². The largest absolute Gasteiger partial charge is 0.507 e. The van der Waals surface area contributed by atoms with Crippen LogP contribution in [0.2, 0.25) is 0 Å². The minimum absolute atomic E-state index is 0.00852. The van der Waals surface area contributed by atoms with Crippen LogP contribution in [0.1, 0.15) is 44.4 Å². The van der Waals surface area contributed by atoms with Crippen molar-refractivity contribution in [3.63, 3.8) is 0 Å². The standard InChI is InChI=1S/C25H28N2O8/c1-4-34-20-14-17(8-11-19(20)28)22-21(23(29)16-6-9-18(10-7-16)27(32)33)24(30)25(31)26(22)12-5-13-35-15(2)3/h6-11,14-15,22,28-29H,4-5,12-13H2,1-3H3/t22-/m0/s1. The zero-order valence-electron chi connectivity index (χ0n) is 19.8. The number of benzene rings is 2. The number of nitro benzene ring substituents is 1. The molecule has 1 heterocycles. The van der Waals surface area contributed by atoms with Gasteiger partial charge in [0.1, 0.15) is 5.76 Å². The van der Waals surface area contributed by atoms with Gasteiger partial charge in [0.05, 0.1) is 29.2 Å². The number of phenols is 1. The van der Waals surface area contributed by atoms with Gasteiger partial charge >= 0.3 is 0 Å². The highest BCUT2D eigenvalue weighted by atomic mass is 16.6. The van der Waals surface area contributed by atoms with Crippen molar-refractivity contribution in [1.29, 1.82) is 0 Å². The predicted octanol–water partition coefficient (Wildman–Crippen LogP) is 3.94. The summed E-state index contributed by atoms with van der Waals surface area (Å²) in [6.45, 7) is 6.37. The SMILES string of the molecule is CCOc1cc([C@H]2C(=C(O)c3ccc([N+](=O)[O-])cc3)C(=O)C(=O)N2CCCOC(C)C)ccc1O. The molecule has 3 rings (SSSR count). The van der Waals surface area contributed by atoms with Gasteiger partial charge in [-0.25, -0.2) is 0 Å². The molecule has 2 aromatic rings. The number of likely N-dealkylation sites (tertiary alicyclic amines) is 1. The Bertz CT molecular complexity index is 1140. The summed E-state index contributed by atoms with van der Waals surface area (Å²) in [7, 11) is 0. The molecule has 186 valence electrons. The molecule has 1 aliphatic rings. The van der Waals surface area contributed by atoms with Gasteiger partial charge in [0, 0.05) is 30.8 Å². The molecular weight excluding hydrogens is 456 g/mol. The number of carbonyl (C=O) groups is 2. The molecule has 1 fully saturated rings. The number of ketones is 1. The fourth-order valence-corrected chi connectivity index (χ4v) is 3.88. The molecule has 1 saturated heterocycles. The molecule has 0 saturated carbocycles. The third-order valence-electron chi connectivity index (χ3n) is 5.49. The molecule has 0 spiro atoms. The van der Waals surface area contributed by atoms with Crippen LogP contribution in [0.15, 0.2) is 48.0 Å². The molecule has 10 nitrogen and oxygen atoms in total. The van der Waals surface area contributed by atoms with Crippen LogP contribution in [0.5, 0.6) is 11.5 Å². The van der Waals surface area contributed by atoms with Crippen LogP contribution in [0.4, 0.5) is 5.69 Å². The molecule has 0 aromatic heterocycles. The van der Waals surface area contributed by atoms with E-state index in [-0.39, 0.29) is 47.6 Å². The highest BCUT2D eigenvalue weighted by Crippen LogP contribution is 2.42. The molecule has 2 aromatic carbocycles. The van der Waals surface area contributed by atoms with Crippen molar-refractivity contribution in [3.05, 3.63) is 69.3 Å². The number of non-ortho nitro benzene ring substituents is 1. The van der Waals surface area contributed by atoms with Gasteiger partial charge in [-0.2, -0.15) is 0 Å². The van der Waals surface area contributed by atoms with Crippen LogP contribution in [0.3, 0.4) is 0 Å². The number of rotatable bonds is 10. The lowest BCUT2D eigenvalue weighted by Crippen LogP contribution is -2.31. The van der Waals surface area contributed by atoms with Crippen LogP contribution in [-0.2, 0) is 14.3 Å². The number of nitro groups is 1. The minimum Gasteiger partial charge on any atom is -0.507 e. The van der Waals surface area contributed by atoms with Gasteiger partial charge in [-0.3, -0.25) is 19.7 Å². The van der Waals surface area contributed by atoms with Crippen LogP contribution < -0.4 is 4.74 Å². The van der Waals surface area contributed by atoms with Crippen molar-refractivity contribution in [3.8, 4) is 11.5 Å². The number of aliphatic hydroxyl groups is 1. The maximum atomic E-state index is 13.1. The number of hydrogen-bond acceptors (Lipinski definition) is 8. The first kappa shape index (κ1) is 25.7. The second kappa shape index (κ2) is 11.0. The molecule has 35 heavy (non-hydrogen) atoms. The van der Waals surface area contributed by atoms with Crippen molar-refractivity contribution < 1.29 is 34.2 Å². The quantitative estimate of drug-likeness (QED) is 0.129. The van der Waals surface area contributed by atoms with E-state index in [1.807, 2.05) is 13.8 Å². The van der Waals surface area contributed by atoms with E-state index in [9.17, 15) is 29.9 Å². The Labute approximate surface area is 202 Å². The molecule has 1 atom stereocenters. The van der Waals surface area contributed by atoms with Gasteiger partial charge < -0.3 is 24.6 Å². The molecule has 0 radical (unpaired) electrons. The number of aromatic hydroxyl groups is 1. The third kappa shape index (κ3) is 5.60. The van der Waals surface area contributed by atoms with E-state index in [4.69, 9.17) is 9.47 Å². The first-order valence-electron chi connectivity index (χ1n) is 11.3. The predicted molar refractivity (Wildman–Crippen MR) is 127 cm³/mol. The first-order valence-corrected chi connectivity index (χ1v) is 11.3. The summed E-state index contributed by atoms with van der Waals surface area (Å²) >= 11 is 0. The number of phenolic OH excluding ortho intramolecular Hbond substituents is 1. The number of Topliss-reactive ketones (excluding diaryl/α,β-unsaturated/α-hetero) is 1. The summed E-state index contributed by atoms with van der Waals surface area (Å²) in [5.41, 5.74) is 0.287. The summed E-state index contributed by atoms with van der Waals surface area (Å²) in [6, 6.07) is 8.56. The average molecular weight is 485 g/mol. The summed E-state index contributed by atoms with van der Waals surface area (Å²) in [5, 5.41) is 32.2. The summed E-state index contributed by atoms with van der Waals surface area (Å²) in [5.74, 6) is -2.03. The number of hydrogen-bond donors (Lipinski definition) is 2. The van der Waals surface area contributed by atoms with Crippen molar-refractivity contribution >= 4 is 23.1 Å². The van der Waals surface area contributed by atoms with E-state index in [1.54, 1.807) is 13.0 Å². The fraction of sp³-hybridized carbons (Fsp3) is 0.360. The molecular formula is C25H28N2O8. The van der Waals surface area contributed by atoms with E-state index in [0.29, 0.717) is 18.6 Å². The van der Waals surface area contributed by atoms with Gasteiger partial charge in [0.15, 0.2) is 11.5 Å². The van der Waals surface area contributed by atoms with Crippen molar-refractivity contribution in [2.24, 2.45) is 0 Å². The maximum Gasteiger partial charge on any atom is 0.295 e. The Morgan fingerprint density at radius 2 is 1.86 bits per heavy atom. The lowest BCUT2D eigenvalue weighted by molar-refractivity contribution is -0.384. The number of ether oxygens (including phenoxy) is 2. The molecule has 0 bridgehead atoms. The van der Waals surface area contributed by atoms with Gasteiger partial charge in [-0.05, 0) is 57.0 Å². The number of nitrogens with zero attached hydrogens (tertiary/aromatic N) is 2. The van der Waals surface area contributed by atoms with Crippen molar-refractivity contribution in [2.45, 2.75) is 39.3 Å². The highest BCUT2D eigenvalue weighted by Gasteiger charge is 2.46. The molecule has 1 aliphatic heterocycles. The zero-order chi connectivity index (χ0) is 25.7. The Hall–Kier alpha value is -3.92. The number of aliphatic hydroxyl groups excluding tert-OH is 1. The average Bonchev–Trinajstić information content (AvgIpc) is 3.07. The Kier molecular flexibility index (Phi) is 8.08. The smallest absolute Gasteiger partial charge is 0.295 e. The monoisotopic (exact) mass is 484 g/mol. The minimum atomic E-state index is -0.955. The molecule has 0 aliphatic carbocycles. The molecule has 10 heteroatoms. The summed E-state index contributed by atoms with van der Waals surface area (Å²) in [6.07, 6.45) is 0.463. The van der Waals surface area contributed by atoms with Crippen LogP contribution in [0, 0.1) is 10.1 Å². The lowest BCUT2D eigenvalue weighted by atomic mass is 9.95. The fourth-order valence-electron chi connectivity index (χ4n) is 3.88. The number of carbonyl (C=O) groups excluding carboxylic acids is 2. The summed E-state index contributed by atoms with van der Waals surface area (Å²) in [4.78, 5) is 37.8. The summed E-state index contributed by atoms with van der Waals surface area (Å²) < 4.78 is 11.0. The van der Waals surface area contributed by atoms with Gasteiger partial charge in [-0.15, -0.1) is 0 Å². The zero-order valence-corrected chi connectivity index (χ0v) is 19.8. The van der Waals surface area contributed by atoms with Crippen molar-refractivity contribution in [1.82, 2.24) is 4.90 Å². The van der Waals surface area contributed by atoms with Gasteiger partial charge in [0.25, 0.3) is 17.4 Å². The van der Waals surface area contributed by atoms with Crippen LogP contribution >= 0.6 is 0 Å². The lowest BCUT2D eigenvalue weighted by Gasteiger charge is -2.26. The molecule has 1 amide bonds. The molecule has 0 unspecified atom stereocenters. The van der Waals surface area contributed by atoms with Gasteiger partial charge in [-0.1, -0.05) is 6.07 Å². The number of amides is 1. The molecule has 2 N–H and O–H groups in total. The maximum absolute atomic E-state index is 13.1. The van der Waals surface area contributed by atoms with E-state index >= 15 is 0 Å². The first-order chi connectivity index (χ1) is 16.6. The highest BCUT2D eigenvalue weighted by molar-refractivity contribution is 6.46. The van der Waals surface area contributed by atoms with Gasteiger partial charge in [0.2, 0.25) is 0 Å². The van der Waals surface area contributed by atoms with Crippen LogP contribution in [0.25, 0.3) is 5.76 Å². The van der Waals surface area contributed by atoms with E-state index in [0.717, 1.165) is 0 Å².